The predicted octanol–water partition coefficient (Wildman–Crippen LogP) is 5.05. The van der Waals surface area contributed by atoms with Gasteiger partial charge in [0.1, 0.15) is 5.82 Å². The first-order valence-corrected chi connectivity index (χ1v) is 12.6. The molecular formula is C27H31N7O2. The van der Waals surface area contributed by atoms with Crippen LogP contribution < -0.4 is 0 Å². The SMILES string of the molecule is CC(C)c1nc(C2CCC(CC(=O)O)CC2)n(Cc2ccc(-c3ccccc3-c3nnn[nH]3)cc2)n1. The molecule has 0 amide bonds. The van der Waals surface area contributed by atoms with Crippen LogP contribution in [0.5, 0.6) is 0 Å². The van der Waals surface area contributed by atoms with Gasteiger partial charge < -0.3 is 5.11 Å². The molecule has 1 aliphatic carbocycles. The number of aromatic nitrogens is 7. The third kappa shape index (κ3) is 5.19. The van der Waals surface area contributed by atoms with Crippen molar-refractivity contribution >= 4 is 5.97 Å². The zero-order chi connectivity index (χ0) is 25.1. The van der Waals surface area contributed by atoms with E-state index in [2.05, 4.69) is 69.5 Å². The highest BCUT2D eigenvalue weighted by Crippen LogP contribution is 2.37. The average Bonchev–Trinajstić information content (AvgIpc) is 3.56. The van der Waals surface area contributed by atoms with E-state index < -0.39 is 5.97 Å². The van der Waals surface area contributed by atoms with E-state index in [9.17, 15) is 4.79 Å². The molecule has 186 valence electrons. The third-order valence-corrected chi connectivity index (χ3v) is 7.03. The summed E-state index contributed by atoms with van der Waals surface area (Å²) in [6.07, 6.45) is 4.03. The van der Waals surface area contributed by atoms with Crippen molar-refractivity contribution in [3.63, 3.8) is 0 Å². The second-order valence-corrected chi connectivity index (χ2v) is 9.95. The number of aliphatic carboxylic acids is 1. The van der Waals surface area contributed by atoms with E-state index in [4.69, 9.17) is 15.2 Å². The van der Waals surface area contributed by atoms with Gasteiger partial charge in [-0.15, -0.1) is 5.10 Å². The lowest BCUT2D eigenvalue weighted by Gasteiger charge is -2.27. The Morgan fingerprint density at radius 2 is 1.78 bits per heavy atom. The topological polar surface area (TPSA) is 122 Å². The summed E-state index contributed by atoms with van der Waals surface area (Å²) < 4.78 is 2.06. The van der Waals surface area contributed by atoms with E-state index in [0.717, 1.165) is 59.6 Å². The summed E-state index contributed by atoms with van der Waals surface area (Å²) in [6.45, 7) is 4.88. The fourth-order valence-corrected chi connectivity index (χ4v) is 5.08. The number of aromatic amines is 1. The number of carboxylic acids is 1. The van der Waals surface area contributed by atoms with Crippen LogP contribution in [0.15, 0.2) is 48.5 Å². The summed E-state index contributed by atoms with van der Waals surface area (Å²) in [5, 5.41) is 28.3. The van der Waals surface area contributed by atoms with E-state index in [0.29, 0.717) is 18.3 Å². The quantitative estimate of drug-likeness (QED) is 0.358. The maximum absolute atomic E-state index is 11.1. The molecule has 1 fully saturated rings. The molecule has 0 bridgehead atoms. The fraction of sp³-hybridized carbons (Fsp3) is 0.407. The van der Waals surface area contributed by atoms with E-state index in [1.54, 1.807) is 0 Å². The maximum atomic E-state index is 11.1. The molecule has 9 heteroatoms. The molecule has 0 aliphatic heterocycles. The molecule has 1 aliphatic rings. The third-order valence-electron chi connectivity index (χ3n) is 7.03. The largest absolute Gasteiger partial charge is 0.481 e. The molecule has 0 unspecified atom stereocenters. The van der Waals surface area contributed by atoms with E-state index >= 15 is 0 Å². The number of hydrogen-bond donors (Lipinski definition) is 2. The number of carbonyl (C=O) groups is 1. The summed E-state index contributed by atoms with van der Waals surface area (Å²) in [5.74, 6) is 2.66. The minimum absolute atomic E-state index is 0.248. The van der Waals surface area contributed by atoms with E-state index in [1.165, 1.54) is 0 Å². The van der Waals surface area contributed by atoms with Crippen molar-refractivity contribution in [1.82, 2.24) is 35.4 Å². The van der Waals surface area contributed by atoms with Gasteiger partial charge in [0.25, 0.3) is 0 Å². The minimum atomic E-state index is -0.702. The lowest BCUT2D eigenvalue weighted by atomic mass is 9.80. The standard InChI is InChI=1S/C27H31N7O2/c1-17(2)25-28-27(21-13-7-18(8-14-21)15-24(35)36)34(31-25)16-19-9-11-20(12-10-19)22-5-3-4-6-23(22)26-29-32-33-30-26/h3-6,9-12,17-18,21H,7-8,13-16H2,1-2H3,(H,35,36)(H,29,30,32,33). The number of tetrazole rings is 1. The van der Waals surface area contributed by atoms with Crippen LogP contribution in [0, 0.1) is 5.92 Å². The fourth-order valence-electron chi connectivity index (χ4n) is 5.08. The second-order valence-electron chi connectivity index (χ2n) is 9.95. The van der Waals surface area contributed by atoms with Crippen LogP contribution in [0.25, 0.3) is 22.5 Å². The van der Waals surface area contributed by atoms with Crippen molar-refractivity contribution in [2.24, 2.45) is 5.92 Å². The number of nitrogens with one attached hydrogen (secondary N) is 1. The Balaban J connectivity index is 1.36. The summed E-state index contributed by atoms with van der Waals surface area (Å²) in [7, 11) is 0. The van der Waals surface area contributed by atoms with E-state index in [1.807, 2.05) is 18.2 Å². The summed E-state index contributed by atoms with van der Waals surface area (Å²) >= 11 is 0. The monoisotopic (exact) mass is 485 g/mol. The van der Waals surface area contributed by atoms with Gasteiger partial charge in [-0.25, -0.2) is 14.8 Å². The number of carboxylic acid groups (broad SMARTS) is 1. The number of H-pyrrole nitrogens is 1. The lowest BCUT2D eigenvalue weighted by molar-refractivity contribution is -0.138. The summed E-state index contributed by atoms with van der Waals surface area (Å²) in [4.78, 5) is 16.0. The van der Waals surface area contributed by atoms with Crippen LogP contribution in [-0.2, 0) is 11.3 Å². The average molecular weight is 486 g/mol. The zero-order valence-electron chi connectivity index (χ0n) is 20.6. The smallest absolute Gasteiger partial charge is 0.303 e. The molecule has 2 aromatic heterocycles. The highest BCUT2D eigenvalue weighted by molar-refractivity contribution is 5.80. The van der Waals surface area contributed by atoms with Crippen molar-refractivity contribution in [1.29, 1.82) is 0 Å². The summed E-state index contributed by atoms with van der Waals surface area (Å²) in [6, 6.07) is 16.6. The van der Waals surface area contributed by atoms with Gasteiger partial charge in [0.15, 0.2) is 11.6 Å². The van der Waals surface area contributed by atoms with Crippen LogP contribution in [0.3, 0.4) is 0 Å². The van der Waals surface area contributed by atoms with Crippen molar-refractivity contribution in [2.75, 3.05) is 0 Å². The van der Waals surface area contributed by atoms with Gasteiger partial charge in [0.2, 0.25) is 0 Å². The Kier molecular flexibility index (Phi) is 6.88. The van der Waals surface area contributed by atoms with Crippen LogP contribution in [0.4, 0.5) is 0 Å². The Labute approximate surface area is 210 Å². The van der Waals surface area contributed by atoms with Crippen molar-refractivity contribution < 1.29 is 9.90 Å². The van der Waals surface area contributed by atoms with Gasteiger partial charge in [-0.2, -0.15) is 5.10 Å². The first-order valence-electron chi connectivity index (χ1n) is 12.6. The summed E-state index contributed by atoms with van der Waals surface area (Å²) in [5.41, 5.74) is 4.25. The Hall–Kier alpha value is -3.88. The first kappa shape index (κ1) is 23.8. The molecule has 4 aromatic rings. The number of rotatable bonds is 8. The second kappa shape index (κ2) is 10.4. The Bertz CT molecular complexity index is 1300. The molecule has 0 atom stereocenters. The van der Waals surface area contributed by atoms with Crippen LogP contribution in [0.1, 0.15) is 75.0 Å². The maximum Gasteiger partial charge on any atom is 0.303 e. The van der Waals surface area contributed by atoms with Crippen molar-refractivity contribution in [3.05, 3.63) is 65.7 Å². The minimum Gasteiger partial charge on any atom is -0.481 e. The molecular weight excluding hydrogens is 454 g/mol. The molecule has 2 heterocycles. The molecule has 1 saturated carbocycles. The normalized spacial score (nSPS) is 18.0. The first-order chi connectivity index (χ1) is 17.5. The van der Waals surface area contributed by atoms with Gasteiger partial charge in [-0.05, 0) is 58.7 Å². The van der Waals surface area contributed by atoms with Crippen molar-refractivity contribution in [3.8, 4) is 22.5 Å². The molecule has 0 saturated heterocycles. The Morgan fingerprint density at radius 3 is 2.42 bits per heavy atom. The molecule has 2 N–H and O–H groups in total. The molecule has 9 nitrogen and oxygen atoms in total. The van der Waals surface area contributed by atoms with Gasteiger partial charge >= 0.3 is 5.97 Å². The van der Waals surface area contributed by atoms with Gasteiger partial charge in [-0.3, -0.25) is 4.79 Å². The van der Waals surface area contributed by atoms with Gasteiger partial charge in [0, 0.05) is 23.8 Å². The zero-order valence-corrected chi connectivity index (χ0v) is 20.6. The van der Waals surface area contributed by atoms with Crippen LogP contribution in [0.2, 0.25) is 0 Å². The van der Waals surface area contributed by atoms with Crippen LogP contribution >= 0.6 is 0 Å². The Morgan fingerprint density at radius 1 is 1.06 bits per heavy atom. The van der Waals surface area contributed by atoms with Gasteiger partial charge in [-0.1, -0.05) is 62.4 Å². The highest BCUT2D eigenvalue weighted by atomic mass is 16.4. The highest BCUT2D eigenvalue weighted by Gasteiger charge is 2.28. The molecule has 5 rings (SSSR count). The van der Waals surface area contributed by atoms with Gasteiger partial charge in [0.05, 0.1) is 6.54 Å². The predicted molar refractivity (Wildman–Crippen MR) is 135 cm³/mol. The van der Waals surface area contributed by atoms with Crippen LogP contribution in [-0.4, -0.2) is 46.5 Å². The lowest BCUT2D eigenvalue weighted by Crippen LogP contribution is -2.19. The molecule has 36 heavy (non-hydrogen) atoms. The molecule has 0 spiro atoms. The number of benzene rings is 2. The molecule has 2 aromatic carbocycles. The molecule has 0 radical (unpaired) electrons. The van der Waals surface area contributed by atoms with E-state index in [-0.39, 0.29) is 18.3 Å². The number of nitrogens with zero attached hydrogens (tertiary/aromatic N) is 6. The van der Waals surface area contributed by atoms with Crippen molar-refractivity contribution in [2.45, 2.75) is 64.3 Å². The number of hydrogen-bond acceptors (Lipinski definition) is 6.